The third-order valence-corrected chi connectivity index (χ3v) is 3.41. The molecule has 1 atom stereocenters. The van der Waals surface area contributed by atoms with Crippen LogP contribution >= 0.6 is 0 Å². The summed E-state index contributed by atoms with van der Waals surface area (Å²) in [7, 11) is 4.04. The lowest BCUT2D eigenvalue weighted by Gasteiger charge is -2.27. The Hall–Kier alpha value is -1.65. The lowest BCUT2D eigenvalue weighted by molar-refractivity contribution is 0.242. The van der Waals surface area contributed by atoms with Crippen molar-refractivity contribution in [1.82, 2.24) is 14.7 Å². The van der Waals surface area contributed by atoms with Crippen LogP contribution in [0.15, 0.2) is 36.7 Å². The fraction of sp³-hybridized carbons (Fsp3) is 0.400. The molecule has 0 saturated heterocycles. The van der Waals surface area contributed by atoms with Gasteiger partial charge in [-0.2, -0.15) is 5.10 Å². The molecule has 4 heteroatoms. The van der Waals surface area contributed by atoms with Crippen molar-refractivity contribution in [2.75, 3.05) is 13.6 Å². The molecule has 0 aliphatic heterocycles. The number of benzene rings is 1. The van der Waals surface area contributed by atoms with Crippen LogP contribution < -0.4 is 5.73 Å². The Kier molecular flexibility index (Phi) is 4.35. The van der Waals surface area contributed by atoms with Crippen LogP contribution in [0.5, 0.6) is 0 Å². The lowest BCUT2D eigenvalue weighted by atomic mass is 10.0. The minimum absolute atomic E-state index is 0.237. The van der Waals surface area contributed by atoms with Gasteiger partial charge >= 0.3 is 0 Å². The van der Waals surface area contributed by atoms with Crippen LogP contribution in [0.4, 0.5) is 0 Å². The Morgan fingerprint density at radius 2 is 2.00 bits per heavy atom. The second-order valence-electron chi connectivity index (χ2n) is 5.10. The highest BCUT2D eigenvalue weighted by atomic mass is 15.2. The van der Waals surface area contributed by atoms with Crippen molar-refractivity contribution in [2.24, 2.45) is 12.8 Å². The van der Waals surface area contributed by atoms with Crippen molar-refractivity contribution in [2.45, 2.75) is 19.5 Å². The zero-order valence-electron chi connectivity index (χ0n) is 11.9. The molecule has 0 saturated carbocycles. The van der Waals surface area contributed by atoms with Crippen LogP contribution in [-0.4, -0.2) is 28.3 Å². The van der Waals surface area contributed by atoms with E-state index in [0.29, 0.717) is 6.54 Å². The lowest BCUT2D eigenvalue weighted by Crippen LogP contribution is -2.30. The van der Waals surface area contributed by atoms with Gasteiger partial charge in [0.05, 0.1) is 6.20 Å². The zero-order chi connectivity index (χ0) is 13.8. The third-order valence-electron chi connectivity index (χ3n) is 3.41. The summed E-state index contributed by atoms with van der Waals surface area (Å²) in [6, 6.07) is 8.83. The van der Waals surface area contributed by atoms with Gasteiger partial charge in [-0.05, 0) is 19.5 Å². The Bertz CT molecular complexity index is 515. The molecule has 1 aromatic heterocycles. The normalized spacial score (nSPS) is 12.9. The van der Waals surface area contributed by atoms with Gasteiger partial charge in [0.2, 0.25) is 0 Å². The molecule has 0 aliphatic rings. The molecule has 0 bridgehead atoms. The second kappa shape index (κ2) is 5.99. The Balaban J connectivity index is 2.10. The van der Waals surface area contributed by atoms with Gasteiger partial charge < -0.3 is 5.73 Å². The summed E-state index contributed by atoms with van der Waals surface area (Å²) < 4.78 is 1.83. The standard InChI is InChI=1S/C15H22N4/c1-12-4-6-14(7-5-12)15(8-16)18(2)10-13-9-17-19(3)11-13/h4-7,9,11,15H,8,10,16H2,1-3H3. The van der Waals surface area contributed by atoms with Crippen molar-refractivity contribution in [1.29, 1.82) is 0 Å². The van der Waals surface area contributed by atoms with Crippen molar-refractivity contribution in [3.05, 3.63) is 53.3 Å². The number of likely N-dealkylation sites (N-methyl/N-ethyl adjacent to an activating group) is 1. The molecule has 0 aliphatic carbocycles. The van der Waals surface area contributed by atoms with E-state index >= 15 is 0 Å². The van der Waals surface area contributed by atoms with Gasteiger partial charge in [0, 0.05) is 37.9 Å². The number of nitrogens with two attached hydrogens (primary N) is 1. The fourth-order valence-corrected chi connectivity index (χ4v) is 2.31. The molecular weight excluding hydrogens is 236 g/mol. The van der Waals surface area contributed by atoms with Crippen molar-refractivity contribution >= 4 is 0 Å². The number of hydrogen-bond acceptors (Lipinski definition) is 3. The quantitative estimate of drug-likeness (QED) is 0.890. The van der Waals surface area contributed by atoms with E-state index in [1.807, 2.05) is 24.1 Å². The minimum atomic E-state index is 0.237. The van der Waals surface area contributed by atoms with E-state index in [2.05, 4.69) is 48.2 Å². The largest absolute Gasteiger partial charge is 0.329 e. The molecule has 4 nitrogen and oxygen atoms in total. The monoisotopic (exact) mass is 258 g/mol. The van der Waals surface area contributed by atoms with E-state index in [4.69, 9.17) is 5.73 Å². The molecule has 2 aromatic rings. The van der Waals surface area contributed by atoms with Gasteiger partial charge in [0.15, 0.2) is 0 Å². The number of hydrogen-bond donors (Lipinski definition) is 1. The van der Waals surface area contributed by atoms with Crippen molar-refractivity contribution < 1.29 is 0 Å². The molecule has 0 amide bonds. The van der Waals surface area contributed by atoms with Gasteiger partial charge in [-0.1, -0.05) is 29.8 Å². The summed E-state index contributed by atoms with van der Waals surface area (Å²) in [5.74, 6) is 0. The SMILES string of the molecule is Cc1ccc(C(CN)N(C)Cc2cnn(C)c2)cc1. The maximum Gasteiger partial charge on any atom is 0.0534 e. The van der Waals surface area contributed by atoms with E-state index < -0.39 is 0 Å². The van der Waals surface area contributed by atoms with Gasteiger partial charge in [-0.3, -0.25) is 9.58 Å². The highest BCUT2D eigenvalue weighted by molar-refractivity contribution is 5.24. The molecule has 2 N–H and O–H groups in total. The average molecular weight is 258 g/mol. The summed E-state index contributed by atoms with van der Waals surface area (Å²) in [6.07, 6.45) is 3.94. The topological polar surface area (TPSA) is 47.1 Å². The fourth-order valence-electron chi connectivity index (χ4n) is 2.31. The molecule has 0 spiro atoms. The highest BCUT2D eigenvalue weighted by Gasteiger charge is 2.15. The molecule has 0 fully saturated rings. The third kappa shape index (κ3) is 3.43. The summed E-state index contributed by atoms with van der Waals surface area (Å²) >= 11 is 0. The van der Waals surface area contributed by atoms with Gasteiger partial charge in [-0.25, -0.2) is 0 Å². The van der Waals surface area contributed by atoms with E-state index in [1.54, 1.807) is 0 Å². The molecule has 2 rings (SSSR count). The molecule has 1 aromatic carbocycles. The smallest absolute Gasteiger partial charge is 0.0534 e. The summed E-state index contributed by atoms with van der Waals surface area (Å²) in [5, 5.41) is 4.20. The molecule has 1 unspecified atom stereocenters. The predicted molar refractivity (Wildman–Crippen MR) is 77.6 cm³/mol. The number of aryl methyl sites for hydroxylation is 2. The van der Waals surface area contributed by atoms with E-state index in [9.17, 15) is 0 Å². The van der Waals surface area contributed by atoms with Crippen LogP contribution in [0.1, 0.15) is 22.7 Å². The number of aromatic nitrogens is 2. The zero-order valence-corrected chi connectivity index (χ0v) is 11.9. The molecule has 1 heterocycles. The summed E-state index contributed by atoms with van der Waals surface area (Å²) in [4.78, 5) is 2.27. The highest BCUT2D eigenvalue weighted by Crippen LogP contribution is 2.20. The Morgan fingerprint density at radius 3 is 2.53 bits per heavy atom. The first kappa shape index (κ1) is 13.8. The first-order valence-electron chi connectivity index (χ1n) is 6.54. The van der Waals surface area contributed by atoms with Crippen LogP contribution in [0.3, 0.4) is 0 Å². The van der Waals surface area contributed by atoms with E-state index in [-0.39, 0.29) is 6.04 Å². The van der Waals surface area contributed by atoms with E-state index in [0.717, 1.165) is 6.54 Å². The van der Waals surface area contributed by atoms with E-state index in [1.165, 1.54) is 16.7 Å². The first-order chi connectivity index (χ1) is 9.10. The van der Waals surface area contributed by atoms with Crippen molar-refractivity contribution in [3.8, 4) is 0 Å². The average Bonchev–Trinajstić information content (AvgIpc) is 2.78. The summed E-state index contributed by atoms with van der Waals surface area (Å²) in [6.45, 7) is 3.56. The molecule has 102 valence electrons. The second-order valence-corrected chi connectivity index (χ2v) is 5.10. The van der Waals surface area contributed by atoms with Crippen LogP contribution in [0.25, 0.3) is 0 Å². The molecular formula is C15H22N4. The van der Waals surface area contributed by atoms with Gasteiger partial charge in [-0.15, -0.1) is 0 Å². The van der Waals surface area contributed by atoms with Gasteiger partial charge in [0.25, 0.3) is 0 Å². The maximum atomic E-state index is 5.94. The predicted octanol–water partition coefficient (Wildman–Crippen LogP) is 1.86. The van der Waals surface area contributed by atoms with Crippen molar-refractivity contribution in [3.63, 3.8) is 0 Å². The maximum absolute atomic E-state index is 5.94. The first-order valence-corrected chi connectivity index (χ1v) is 6.54. The minimum Gasteiger partial charge on any atom is -0.329 e. The number of nitrogens with zero attached hydrogens (tertiary/aromatic N) is 3. The molecule has 0 radical (unpaired) electrons. The van der Waals surface area contributed by atoms with Crippen LogP contribution in [0.2, 0.25) is 0 Å². The summed E-state index contributed by atoms with van der Waals surface area (Å²) in [5.41, 5.74) is 9.68. The Labute approximate surface area is 114 Å². The molecule has 19 heavy (non-hydrogen) atoms. The van der Waals surface area contributed by atoms with Crippen LogP contribution in [0, 0.1) is 6.92 Å². The number of rotatable bonds is 5. The Morgan fingerprint density at radius 1 is 1.32 bits per heavy atom. The van der Waals surface area contributed by atoms with Gasteiger partial charge in [0.1, 0.15) is 0 Å². The van der Waals surface area contributed by atoms with Crippen LogP contribution in [-0.2, 0) is 13.6 Å².